The van der Waals surface area contributed by atoms with Gasteiger partial charge in [-0.25, -0.2) is 4.79 Å². The lowest BCUT2D eigenvalue weighted by Crippen LogP contribution is -2.28. The first-order chi connectivity index (χ1) is 8.41. The van der Waals surface area contributed by atoms with Gasteiger partial charge in [0.1, 0.15) is 0 Å². The molecule has 5 nitrogen and oxygen atoms in total. The molecule has 1 saturated heterocycles. The van der Waals surface area contributed by atoms with Crippen molar-refractivity contribution in [2.75, 3.05) is 11.4 Å². The lowest BCUT2D eigenvalue weighted by atomic mass is 10.0. The molecule has 2 rings (SSSR count). The van der Waals surface area contributed by atoms with Crippen molar-refractivity contribution in [3.8, 4) is 0 Å². The second-order valence-corrected chi connectivity index (χ2v) is 4.66. The number of nitrogens with two attached hydrogens (primary N) is 1. The molecule has 1 aliphatic rings. The minimum atomic E-state index is -0.952. The zero-order valence-electron chi connectivity index (χ0n) is 10.4. The van der Waals surface area contributed by atoms with Crippen LogP contribution in [0.15, 0.2) is 12.1 Å². The number of hydrogen-bond acceptors (Lipinski definition) is 3. The average Bonchev–Trinajstić information content (AvgIpc) is 2.61. The van der Waals surface area contributed by atoms with Gasteiger partial charge in [-0.2, -0.15) is 0 Å². The third kappa shape index (κ3) is 1.97. The normalized spacial score (nSPS) is 19.4. The first-order valence-electron chi connectivity index (χ1n) is 5.81. The Balaban J connectivity index is 2.45. The highest BCUT2D eigenvalue weighted by Crippen LogP contribution is 2.28. The molecule has 1 unspecified atom stereocenters. The highest BCUT2D eigenvalue weighted by atomic mass is 16.4. The maximum absolute atomic E-state index is 11.8. The molecular formula is C13H16N2O3. The molecule has 1 aliphatic heterocycles. The van der Waals surface area contributed by atoms with Crippen LogP contribution in [-0.2, 0) is 4.79 Å². The number of carbonyl (C=O) groups is 2. The zero-order valence-corrected chi connectivity index (χ0v) is 10.4. The number of anilines is 1. The van der Waals surface area contributed by atoms with Gasteiger partial charge in [0, 0.05) is 24.7 Å². The Kier molecular flexibility index (Phi) is 3.09. The van der Waals surface area contributed by atoms with Crippen molar-refractivity contribution in [3.63, 3.8) is 0 Å². The Morgan fingerprint density at radius 3 is 2.56 bits per heavy atom. The standard InChI is InChI=1S/C13H16N2O3/c1-7-8(2)11(4-3-10(7)13(17)18)15-6-9(14)5-12(15)16/h3-4,9H,5-6,14H2,1-2H3,(H,17,18). The van der Waals surface area contributed by atoms with Gasteiger partial charge in [-0.05, 0) is 37.1 Å². The number of aromatic carboxylic acids is 1. The van der Waals surface area contributed by atoms with Crippen molar-refractivity contribution < 1.29 is 14.7 Å². The summed E-state index contributed by atoms with van der Waals surface area (Å²) in [4.78, 5) is 24.5. The van der Waals surface area contributed by atoms with E-state index in [4.69, 9.17) is 10.8 Å². The molecule has 0 aromatic heterocycles. The molecule has 0 radical (unpaired) electrons. The quantitative estimate of drug-likeness (QED) is 0.819. The summed E-state index contributed by atoms with van der Waals surface area (Å²) >= 11 is 0. The topological polar surface area (TPSA) is 83.6 Å². The molecule has 0 spiro atoms. The highest BCUT2D eigenvalue weighted by Gasteiger charge is 2.29. The van der Waals surface area contributed by atoms with Crippen molar-refractivity contribution >= 4 is 17.6 Å². The summed E-state index contributed by atoms with van der Waals surface area (Å²) in [6.07, 6.45) is 0.346. The second-order valence-electron chi connectivity index (χ2n) is 4.66. The summed E-state index contributed by atoms with van der Waals surface area (Å²) in [5.74, 6) is -0.959. The molecule has 1 aromatic rings. The third-order valence-electron chi connectivity index (χ3n) is 3.43. The fraction of sp³-hybridized carbons (Fsp3) is 0.385. The predicted molar refractivity (Wildman–Crippen MR) is 67.8 cm³/mol. The predicted octanol–water partition coefficient (Wildman–Crippen LogP) is 1.07. The van der Waals surface area contributed by atoms with Gasteiger partial charge in [-0.3, -0.25) is 4.79 Å². The number of hydrogen-bond donors (Lipinski definition) is 2. The fourth-order valence-corrected chi connectivity index (χ4v) is 2.30. The zero-order chi connectivity index (χ0) is 13.4. The SMILES string of the molecule is Cc1c(C(=O)O)ccc(N2CC(N)CC2=O)c1C. The van der Waals surface area contributed by atoms with E-state index >= 15 is 0 Å². The Bertz CT molecular complexity index is 525. The summed E-state index contributed by atoms with van der Waals surface area (Å²) in [5, 5.41) is 9.04. The van der Waals surface area contributed by atoms with Crippen LogP contribution in [-0.4, -0.2) is 29.6 Å². The summed E-state index contributed by atoms with van der Waals surface area (Å²) < 4.78 is 0. The van der Waals surface area contributed by atoms with Crippen LogP contribution in [0.25, 0.3) is 0 Å². The monoisotopic (exact) mass is 248 g/mol. The molecule has 18 heavy (non-hydrogen) atoms. The van der Waals surface area contributed by atoms with E-state index in [0.717, 1.165) is 11.3 Å². The molecule has 0 bridgehead atoms. The van der Waals surface area contributed by atoms with Crippen LogP contribution in [0.4, 0.5) is 5.69 Å². The van der Waals surface area contributed by atoms with Crippen molar-refractivity contribution in [3.05, 3.63) is 28.8 Å². The number of rotatable bonds is 2. The molecular weight excluding hydrogens is 232 g/mol. The summed E-state index contributed by atoms with van der Waals surface area (Å²) in [7, 11) is 0. The Morgan fingerprint density at radius 2 is 2.06 bits per heavy atom. The minimum absolute atomic E-state index is 0.00641. The van der Waals surface area contributed by atoms with Crippen LogP contribution in [0.1, 0.15) is 27.9 Å². The van der Waals surface area contributed by atoms with E-state index < -0.39 is 5.97 Å². The van der Waals surface area contributed by atoms with Gasteiger partial charge >= 0.3 is 5.97 Å². The van der Waals surface area contributed by atoms with Gasteiger partial charge in [0.15, 0.2) is 0 Å². The van der Waals surface area contributed by atoms with Crippen LogP contribution in [0, 0.1) is 13.8 Å². The Morgan fingerprint density at radius 1 is 1.39 bits per heavy atom. The highest BCUT2D eigenvalue weighted by molar-refractivity contribution is 5.98. The number of carboxylic acid groups (broad SMARTS) is 1. The molecule has 96 valence electrons. The molecule has 0 saturated carbocycles. The van der Waals surface area contributed by atoms with Crippen molar-refractivity contribution in [1.29, 1.82) is 0 Å². The van der Waals surface area contributed by atoms with Gasteiger partial charge in [0.05, 0.1) is 5.56 Å². The van der Waals surface area contributed by atoms with Gasteiger partial charge < -0.3 is 15.7 Å². The number of amides is 1. The molecule has 3 N–H and O–H groups in total. The lowest BCUT2D eigenvalue weighted by Gasteiger charge is -2.20. The van der Waals surface area contributed by atoms with E-state index in [1.807, 2.05) is 6.92 Å². The van der Waals surface area contributed by atoms with Crippen molar-refractivity contribution in [1.82, 2.24) is 0 Å². The number of carboxylic acids is 1. The van der Waals surface area contributed by atoms with E-state index in [1.54, 1.807) is 17.9 Å². The molecule has 0 aliphatic carbocycles. The molecule has 1 atom stereocenters. The van der Waals surface area contributed by atoms with Crippen LogP contribution in [0.5, 0.6) is 0 Å². The molecule has 1 amide bonds. The van der Waals surface area contributed by atoms with Crippen molar-refractivity contribution in [2.24, 2.45) is 5.73 Å². The molecule has 1 heterocycles. The Hall–Kier alpha value is -1.88. The number of nitrogens with zero attached hydrogens (tertiary/aromatic N) is 1. The van der Waals surface area contributed by atoms with Crippen LogP contribution >= 0.6 is 0 Å². The fourth-order valence-electron chi connectivity index (χ4n) is 2.30. The van der Waals surface area contributed by atoms with E-state index in [0.29, 0.717) is 18.5 Å². The van der Waals surface area contributed by atoms with Gasteiger partial charge in [-0.1, -0.05) is 0 Å². The maximum atomic E-state index is 11.8. The van der Waals surface area contributed by atoms with E-state index in [9.17, 15) is 9.59 Å². The van der Waals surface area contributed by atoms with E-state index in [1.165, 1.54) is 6.07 Å². The summed E-state index contributed by atoms with van der Waals surface area (Å²) in [6.45, 7) is 4.07. The minimum Gasteiger partial charge on any atom is -0.478 e. The Labute approximate surface area is 105 Å². The summed E-state index contributed by atoms with van der Waals surface area (Å²) in [6, 6.07) is 3.08. The van der Waals surface area contributed by atoms with Crippen LogP contribution in [0.2, 0.25) is 0 Å². The maximum Gasteiger partial charge on any atom is 0.335 e. The van der Waals surface area contributed by atoms with E-state index in [2.05, 4.69) is 0 Å². The number of carbonyl (C=O) groups excluding carboxylic acids is 1. The van der Waals surface area contributed by atoms with Crippen LogP contribution < -0.4 is 10.6 Å². The first kappa shape index (κ1) is 12.6. The average molecular weight is 248 g/mol. The van der Waals surface area contributed by atoms with Gasteiger partial charge in [-0.15, -0.1) is 0 Å². The smallest absolute Gasteiger partial charge is 0.335 e. The molecule has 5 heteroatoms. The molecule has 1 aromatic carbocycles. The lowest BCUT2D eigenvalue weighted by molar-refractivity contribution is -0.117. The van der Waals surface area contributed by atoms with Gasteiger partial charge in [0.25, 0.3) is 0 Å². The van der Waals surface area contributed by atoms with Gasteiger partial charge in [0.2, 0.25) is 5.91 Å². The van der Waals surface area contributed by atoms with Crippen molar-refractivity contribution in [2.45, 2.75) is 26.3 Å². The van der Waals surface area contributed by atoms with E-state index in [-0.39, 0.29) is 17.5 Å². The summed E-state index contributed by atoms with van der Waals surface area (Å²) in [5.41, 5.74) is 8.30. The first-order valence-corrected chi connectivity index (χ1v) is 5.81. The van der Waals surface area contributed by atoms with Crippen LogP contribution in [0.3, 0.4) is 0 Å². The largest absolute Gasteiger partial charge is 0.478 e. The molecule has 1 fully saturated rings. The second kappa shape index (κ2) is 4.42. The number of benzene rings is 1. The third-order valence-corrected chi connectivity index (χ3v) is 3.43.